The van der Waals surface area contributed by atoms with Crippen LogP contribution in [0.2, 0.25) is 0 Å². The van der Waals surface area contributed by atoms with Crippen LogP contribution in [0.25, 0.3) is 0 Å². The van der Waals surface area contributed by atoms with Crippen LogP contribution in [0.4, 0.5) is 0 Å². The van der Waals surface area contributed by atoms with Gasteiger partial charge in [-0.25, -0.2) is 0 Å². The number of carbonyl (C=O) groups excluding carboxylic acids is 2. The average Bonchev–Trinajstić information content (AvgIpc) is 2.96. The molecule has 9 heteroatoms. The molecule has 0 bridgehead atoms. The van der Waals surface area contributed by atoms with Crippen LogP contribution in [0.15, 0.2) is 29.4 Å². The third-order valence-corrected chi connectivity index (χ3v) is 4.50. The maximum absolute atomic E-state index is 12.0. The summed E-state index contributed by atoms with van der Waals surface area (Å²) in [7, 11) is 3.40. The molecule has 1 heterocycles. The van der Waals surface area contributed by atoms with Crippen LogP contribution in [0.5, 0.6) is 5.75 Å². The molecular formula is C16H21N5O3S. The van der Waals surface area contributed by atoms with Gasteiger partial charge in [0.05, 0.1) is 12.9 Å². The molecule has 1 aromatic heterocycles. The fourth-order valence-corrected chi connectivity index (χ4v) is 2.85. The molecule has 0 spiro atoms. The SMILES string of the molecule is COc1cccc(CNC(=O)CSc2nnc(CCC(N)=O)n2C)c1. The molecule has 2 amide bonds. The quantitative estimate of drug-likeness (QED) is 0.633. The van der Waals surface area contributed by atoms with Gasteiger partial charge in [0.1, 0.15) is 11.6 Å². The molecule has 3 N–H and O–H groups in total. The lowest BCUT2D eigenvalue weighted by molar-refractivity contribution is -0.119. The number of amides is 2. The molecule has 0 unspecified atom stereocenters. The minimum Gasteiger partial charge on any atom is -0.497 e. The first kappa shape index (κ1) is 18.8. The Hall–Kier alpha value is -2.55. The summed E-state index contributed by atoms with van der Waals surface area (Å²) < 4.78 is 6.92. The standard InChI is InChI=1S/C16H21N5O3S/c1-21-14(7-6-13(17)22)19-20-16(21)25-10-15(23)18-9-11-4-3-5-12(8-11)24-2/h3-5,8H,6-7,9-10H2,1-2H3,(H2,17,22)(H,18,23). The number of carbonyl (C=O) groups is 2. The lowest BCUT2D eigenvalue weighted by atomic mass is 10.2. The molecule has 0 saturated carbocycles. The highest BCUT2D eigenvalue weighted by molar-refractivity contribution is 7.99. The van der Waals surface area contributed by atoms with E-state index >= 15 is 0 Å². The van der Waals surface area contributed by atoms with Gasteiger partial charge in [-0.2, -0.15) is 0 Å². The Morgan fingerprint density at radius 1 is 1.36 bits per heavy atom. The first-order valence-corrected chi connectivity index (χ1v) is 8.67. The summed E-state index contributed by atoms with van der Waals surface area (Å²) in [6.07, 6.45) is 0.652. The van der Waals surface area contributed by atoms with Gasteiger partial charge in [0, 0.05) is 26.4 Å². The third kappa shape index (κ3) is 5.79. The lowest BCUT2D eigenvalue weighted by Crippen LogP contribution is -2.24. The van der Waals surface area contributed by atoms with Crippen LogP contribution in [-0.2, 0) is 29.6 Å². The van der Waals surface area contributed by atoms with Crippen molar-refractivity contribution in [2.45, 2.75) is 24.5 Å². The summed E-state index contributed by atoms with van der Waals surface area (Å²) in [5.41, 5.74) is 6.10. The molecule has 1 aromatic carbocycles. The number of aromatic nitrogens is 3. The summed E-state index contributed by atoms with van der Waals surface area (Å²) in [6, 6.07) is 7.53. The van der Waals surface area contributed by atoms with Crippen molar-refractivity contribution in [1.82, 2.24) is 20.1 Å². The Morgan fingerprint density at radius 2 is 2.16 bits per heavy atom. The second-order valence-electron chi connectivity index (χ2n) is 5.34. The molecular weight excluding hydrogens is 342 g/mol. The molecule has 0 radical (unpaired) electrons. The number of nitrogens with one attached hydrogen (secondary N) is 1. The highest BCUT2D eigenvalue weighted by Crippen LogP contribution is 2.16. The van der Waals surface area contributed by atoms with E-state index in [1.165, 1.54) is 11.8 Å². The number of ether oxygens (including phenoxy) is 1. The van der Waals surface area contributed by atoms with Gasteiger partial charge in [0.15, 0.2) is 5.16 Å². The molecule has 0 aliphatic rings. The van der Waals surface area contributed by atoms with Crippen molar-refractivity contribution in [3.63, 3.8) is 0 Å². The van der Waals surface area contributed by atoms with Gasteiger partial charge in [-0.15, -0.1) is 10.2 Å². The lowest BCUT2D eigenvalue weighted by Gasteiger charge is -2.07. The molecule has 8 nitrogen and oxygen atoms in total. The minimum absolute atomic E-state index is 0.102. The van der Waals surface area contributed by atoms with Crippen molar-refractivity contribution in [1.29, 1.82) is 0 Å². The third-order valence-electron chi connectivity index (χ3n) is 3.48. The summed E-state index contributed by atoms with van der Waals surface area (Å²) in [6.45, 7) is 0.430. The summed E-state index contributed by atoms with van der Waals surface area (Å²) in [5, 5.41) is 11.5. The molecule has 0 saturated heterocycles. The molecule has 134 valence electrons. The van der Waals surface area contributed by atoms with E-state index in [1.54, 1.807) is 18.7 Å². The van der Waals surface area contributed by atoms with E-state index in [2.05, 4.69) is 15.5 Å². The maximum Gasteiger partial charge on any atom is 0.230 e. The fraction of sp³-hybridized carbons (Fsp3) is 0.375. The number of nitrogens with two attached hydrogens (primary N) is 1. The first-order valence-electron chi connectivity index (χ1n) is 7.68. The van der Waals surface area contributed by atoms with Crippen molar-refractivity contribution in [2.24, 2.45) is 12.8 Å². The Bertz CT molecular complexity index is 747. The largest absolute Gasteiger partial charge is 0.497 e. The second kappa shape index (κ2) is 9.07. The molecule has 0 aliphatic heterocycles. The second-order valence-corrected chi connectivity index (χ2v) is 6.28. The topological polar surface area (TPSA) is 112 Å². The predicted molar refractivity (Wildman–Crippen MR) is 94.1 cm³/mol. The van der Waals surface area contributed by atoms with E-state index < -0.39 is 0 Å². The number of hydrogen-bond donors (Lipinski definition) is 2. The smallest absolute Gasteiger partial charge is 0.230 e. The van der Waals surface area contributed by atoms with Crippen molar-refractivity contribution < 1.29 is 14.3 Å². The van der Waals surface area contributed by atoms with Gasteiger partial charge < -0.3 is 20.4 Å². The highest BCUT2D eigenvalue weighted by Gasteiger charge is 2.12. The van der Waals surface area contributed by atoms with Crippen LogP contribution in [0.3, 0.4) is 0 Å². The van der Waals surface area contributed by atoms with E-state index in [1.807, 2.05) is 24.3 Å². The zero-order valence-electron chi connectivity index (χ0n) is 14.2. The molecule has 0 fully saturated rings. The highest BCUT2D eigenvalue weighted by atomic mass is 32.2. The van der Waals surface area contributed by atoms with Gasteiger partial charge >= 0.3 is 0 Å². The Labute approximate surface area is 150 Å². The summed E-state index contributed by atoms with van der Waals surface area (Å²) in [5.74, 6) is 1.16. The molecule has 0 atom stereocenters. The molecule has 25 heavy (non-hydrogen) atoms. The van der Waals surface area contributed by atoms with Crippen LogP contribution < -0.4 is 15.8 Å². The van der Waals surface area contributed by atoms with E-state index in [-0.39, 0.29) is 24.0 Å². The van der Waals surface area contributed by atoms with Crippen LogP contribution in [0, 0.1) is 0 Å². The van der Waals surface area contributed by atoms with Crippen LogP contribution in [0.1, 0.15) is 17.8 Å². The van der Waals surface area contributed by atoms with E-state index in [9.17, 15) is 9.59 Å². The Balaban J connectivity index is 1.80. The number of hydrogen-bond acceptors (Lipinski definition) is 6. The number of benzene rings is 1. The van der Waals surface area contributed by atoms with Gasteiger partial charge in [-0.1, -0.05) is 23.9 Å². The molecule has 2 rings (SSSR count). The normalized spacial score (nSPS) is 10.5. The maximum atomic E-state index is 12.0. The van der Waals surface area contributed by atoms with Gasteiger partial charge in [-0.05, 0) is 17.7 Å². The van der Waals surface area contributed by atoms with Gasteiger partial charge in [0.25, 0.3) is 0 Å². The summed E-state index contributed by atoms with van der Waals surface area (Å²) >= 11 is 1.29. The van der Waals surface area contributed by atoms with E-state index in [4.69, 9.17) is 10.5 Å². The van der Waals surface area contributed by atoms with E-state index in [0.717, 1.165) is 11.3 Å². The molecule has 0 aliphatic carbocycles. The van der Waals surface area contributed by atoms with E-state index in [0.29, 0.717) is 23.9 Å². The Kier molecular flexibility index (Phi) is 6.81. The zero-order valence-corrected chi connectivity index (χ0v) is 15.0. The predicted octanol–water partition coefficient (Wildman–Crippen LogP) is 0.650. The van der Waals surface area contributed by atoms with Gasteiger partial charge in [0.2, 0.25) is 11.8 Å². The summed E-state index contributed by atoms with van der Waals surface area (Å²) in [4.78, 5) is 22.8. The number of primary amides is 1. The number of aryl methyl sites for hydroxylation is 1. The number of methoxy groups -OCH3 is 1. The van der Waals surface area contributed by atoms with Crippen molar-refractivity contribution in [3.05, 3.63) is 35.7 Å². The Morgan fingerprint density at radius 3 is 2.88 bits per heavy atom. The number of rotatable bonds is 9. The van der Waals surface area contributed by atoms with Gasteiger partial charge in [-0.3, -0.25) is 9.59 Å². The van der Waals surface area contributed by atoms with Crippen molar-refractivity contribution in [3.8, 4) is 5.75 Å². The zero-order chi connectivity index (χ0) is 18.2. The number of nitrogens with zero attached hydrogens (tertiary/aromatic N) is 3. The minimum atomic E-state index is -0.380. The van der Waals surface area contributed by atoms with Crippen LogP contribution >= 0.6 is 11.8 Å². The average molecular weight is 363 g/mol. The first-order chi connectivity index (χ1) is 12.0. The van der Waals surface area contributed by atoms with Crippen molar-refractivity contribution in [2.75, 3.05) is 12.9 Å². The van der Waals surface area contributed by atoms with Crippen molar-refractivity contribution >= 4 is 23.6 Å². The van der Waals surface area contributed by atoms with Crippen LogP contribution in [-0.4, -0.2) is 39.4 Å². The number of thioether (sulfide) groups is 1. The fourth-order valence-electron chi connectivity index (χ4n) is 2.09. The molecule has 2 aromatic rings. The monoisotopic (exact) mass is 363 g/mol.